The summed E-state index contributed by atoms with van der Waals surface area (Å²) in [5.41, 5.74) is 1.81. The van der Waals surface area contributed by atoms with Crippen molar-refractivity contribution in [3.63, 3.8) is 0 Å². The van der Waals surface area contributed by atoms with E-state index in [0.29, 0.717) is 43.4 Å². The van der Waals surface area contributed by atoms with E-state index in [2.05, 4.69) is 25.8 Å². The van der Waals surface area contributed by atoms with Crippen LogP contribution in [0, 0.1) is 5.41 Å². The zero-order valence-corrected chi connectivity index (χ0v) is 19.6. The molecule has 0 bridgehead atoms. The van der Waals surface area contributed by atoms with Crippen LogP contribution in [0.4, 0.5) is 16.2 Å². The van der Waals surface area contributed by atoms with Crippen LogP contribution >= 0.6 is 0 Å². The average molecular weight is 492 g/mol. The number of carbonyl (C=O) groups excluding carboxylic acids is 4. The lowest BCUT2D eigenvalue weighted by atomic mass is 9.68. The van der Waals surface area contributed by atoms with Crippen LogP contribution in [0.2, 0.25) is 0 Å². The fraction of sp³-hybridized carbons (Fsp3) is 0.360. The SMILES string of the molecule is CC(=O)Nc1ccc2c(c1)CC1(C(=O)NC(=O)NC1=O)[C@H]1CN(Cc3ccc4c(c3)OCO4)CCN21. The third-order valence-corrected chi connectivity index (χ3v) is 7.32. The molecular formula is C25H25N5O6. The second-order valence-electron chi connectivity index (χ2n) is 9.54. The molecule has 2 fully saturated rings. The smallest absolute Gasteiger partial charge is 0.328 e. The second-order valence-corrected chi connectivity index (χ2v) is 9.54. The summed E-state index contributed by atoms with van der Waals surface area (Å²) in [6.45, 7) is 3.95. The van der Waals surface area contributed by atoms with Gasteiger partial charge < -0.3 is 19.7 Å². The highest BCUT2D eigenvalue weighted by Gasteiger charge is 2.60. The number of ether oxygens (including phenoxy) is 2. The Kier molecular flexibility index (Phi) is 5.11. The van der Waals surface area contributed by atoms with E-state index in [1.165, 1.54) is 6.92 Å². The molecule has 1 spiro atoms. The van der Waals surface area contributed by atoms with Crippen LogP contribution in [-0.4, -0.2) is 61.1 Å². The van der Waals surface area contributed by atoms with Gasteiger partial charge in [0, 0.05) is 44.5 Å². The molecule has 4 aliphatic heterocycles. The Morgan fingerprint density at radius 3 is 2.61 bits per heavy atom. The number of urea groups is 1. The Bertz CT molecular complexity index is 1290. The van der Waals surface area contributed by atoms with E-state index in [0.717, 1.165) is 16.8 Å². The zero-order chi connectivity index (χ0) is 25.0. The van der Waals surface area contributed by atoms with E-state index < -0.39 is 29.3 Å². The zero-order valence-electron chi connectivity index (χ0n) is 19.6. The van der Waals surface area contributed by atoms with E-state index in [1.807, 2.05) is 30.3 Å². The minimum Gasteiger partial charge on any atom is -0.454 e. The Morgan fingerprint density at radius 2 is 1.83 bits per heavy atom. The van der Waals surface area contributed by atoms with Gasteiger partial charge in [-0.15, -0.1) is 0 Å². The van der Waals surface area contributed by atoms with Crippen LogP contribution < -0.4 is 30.3 Å². The maximum Gasteiger partial charge on any atom is 0.328 e. The summed E-state index contributed by atoms with van der Waals surface area (Å²) in [5.74, 6) is -0.00766. The van der Waals surface area contributed by atoms with Gasteiger partial charge in [0.15, 0.2) is 16.9 Å². The van der Waals surface area contributed by atoms with E-state index in [9.17, 15) is 19.2 Å². The summed E-state index contributed by atoms with van der Waals surface area (Å²) in [7, 11) is 0. The number of fused-ring (bicyclic) bond motifs is 5. The number of barbiturate groups is 1. The van der Waals surface area contributed by atoms with Gasteiger partial charge in [0.2, 0.25) is 24.5 Å². The van der Waals surface area contributed by atoms with Crippen molar-refractivity contribution in [2.24, 2.45) is 5.41 Å². The standard InChI is InChI=1S/C25H25N5O6/c1-14(31)26-17-3-4-18-16(9-17)10-25(22(32)27-24(34)28-23(25)33)21-12-29(6-7-30(18)21)11-15-2-5-19-20(8-15)36-13-35-19/h2-5,8-9,21H,6-7,10-13H2,1H3,(H,26,31)(H2,27,28,32,33,34)/t21-/m1/s1. The molecule has 11 nitrogen and oxygen atoms in total. The summed E-state index contributed by atoms with van der Waals surface area (Å²) in [4.78, 5) is 54.6. The van der Waals surface area contributed by atoms with Crippen molar-refractivity contribution in [2.75, 3.05) is 36.6 Å². The Labute approximate surface area is 206 Å². The molecule has 186 valence electrons. The number of anilines is 2. The summed E-state index contributed by atoms with van der Waals surface area (Å²) in [6.07, 6.45) is 0.111. The highest BCUT2D eigenvalue weighted by atomic mass is 16.7. The number of nitrogens with one attached hydrogen (secondary N) is 3. The maximum absolute atomic E-state index is 13.4. The van der Waals surface area contributed by atoms with Crippen LogP contribution in [0.15, 0.2) is 36.4 Å². The molecule has 6 rings (SSSR count). The lowest BCUT2D eigenvalue weighted by Crippen LogP contribution is -2.74. The predicted molar refractivity (Wildman–Crippen MR) is 128 cm³/mol. The molecule has 2 saturated heterocycles. The van der Waals surface area contributed by atoms with Gasteiger partial charge in [0.25, 0.3) is 0 Å². The third kappa shape index (κ3) is 3.54. The minimum atomic E-state index is -1.50. The van der Waals surface area contributed by atoms with Gasteiger partial charge >= 0.3 is 6.03 Å². The lowest BCUT2D eigenvalue weighted by molar-refractivity contribution is -0.147. The van der Waals surface area contributed by atoms with Crippen molar-refractivity contribution >= 4 is 35.1 Å². The van der Waals surface area contributed by atoms with Gasteiger partial charge in [0.1, 0.15) is 0 Å². The minimum absolute atomic E-state index is 0.111. The summed E-state index contributed by atoms with van der Waals surface area (Å²) >= 11 is 0. The quantitative estimate of drug-likeness (QED) is 0.542. The summed E-state index contributed by atoms with van der Waals surface area (Å²) < 4.78 is 10.9. The van der Waals surface area contributed by atoms with Gasteiger partial charge in [-0.3, -0.25) is 29.9 Å². The number of amides is 5. The van der Waals surface area contributed by atoms with Gasteiger partial charge in [-0.25, -0.2) is 4.79 Å². The molecule has 0 saturated carbocycles. The molecule has 5 amide bonds. The molecule has 1 atom stereocenters. The van der Waals surface area contributed by atoms with Crippen LogP contribution in [0.1, 0.15) is 18.1 Å². The molecule has 36 heavy (non-hydrogen) atoms. The summed E-state index contributed by atoms with van der Waals surface area (Å²) in [6, 6.07) is 10.0. The maximum atomic E-state index is 13.4. The van der Waals surface area contributed by atoms with E-state index in [1.54, 1.807) is 6.07 Å². The largest absolute Gasteiger partial charge is 0.454 e. The number of benzene rings is 2. The van der Waals surface area contributed by atoms with Crippen molar-refractivity contribution in [3.8, 4) is 11.5 Å². The first-order chi connectivity index (χ1) is 17.3. The fourth-order valence-corrected chi connectivity index (χ4v) is 5.72. The molecule has 4 aliphatic rings. The van der Waals surface area contributed by atoms with Gasteiger partial charge in [-0.2, -0.15) is 0 Å². The van der Waals surface area contributed by atoms with Gasteiger partial charge in [-0.05, 0) is 47.9 Å². The molecule has 0 unspecified atom stereocenters. The number of hydrogen-bond donors (Lipinski definition) is 3. The highest BCUT2D eigenvalue weighted by molar-refractivity contribution is 6.20. The van der Waals surface area contributed by atoms with Crippen molar-refractivity contribution in [3.05, 3.63) is 47.5 Å². The molecule has 2 aromatic rings. The Hall–Kier alpha value is -4.12. The molecule has 0 aliphatic carbocycles. The van der Waals surface area contributed by atoms with Crippen LogP contribution in [0.3, 0.4) is 0 Å². The van der Waals surface area contributed by atoms with Gasteiger partial charge in [-0.1, -0.05) is 6.07 Å². The number of piperazine rings is 1. The third-order valence-electron chi connectivity index (χ3n) is 7.32. The predicted octanol–water partition coefficient (Wildman–Crippen LogP) is 0.973. The summed E-state index contributed by atoms with van der Waals surface area (Å²) in [5, 5.41) is 7.40. The first-order valence-electron chi connectivity index (χ1n) is 11.8. The van der Waals surface area contributed by atoms with Gasteiger partial charge in [0.05, 0.1) is 6.04 Å². The van der Waals surface area contributed by atoms with Crippen molar-refractivity contribution in [1.82, 2.24) is 15.5 Å². The monoisotopic (exact) mass is 491 g/mol. The lowest BCUT2D eigenvalue weighted by Gasteiger charge is -2.54. The Morgan fingerprint density at radius 1 is 1.06 bits per heavy atom. The van der Waals surface area contributed by atoms with Crippen LogP contribution in [0.25, 0.3) is 0 Å². The van der Waals surface area contributed by atoms with Crippen molar-refractivity contribution < 1.29 is 28.7 Å². The number of imide groups is 2. The number of rotatable bonds is 3. The normalized spacial score (nSPS) is 22.0. The number of nitrogens with zero attached hydrogens (tertiary/aromatic N) is 2. The molecule has 0 aromatic heterocycles. The van der Waals surface area contributed by atoms with Crippen molar-refractivity contribution in [1.29, 1.82) is 0 Å². The first-order valence-corrected chi connectivity index (χ1v) is 11.8. The topological polar surface area (TPSA) is 129 Å². The molecule has 2 aromatic carbocycles. The second kappa shape index (κ2) is 8.23. The molecule has 4 heterocycles. The van der Waals surface area contributed by atoms with E-state index >= 15 is 0 Å². The van der Waals surface area contributed by atoms with Crippen molar-refractivity contribution in [2.45, 2.75) is 25.9 Å². The van der Waals surface area contributed by atoms with E-state index in [4.69, 9.17) is 9.47 Å². The highest BCUT2D eigenvalue weighted by Crippen LogP contribution is 2.45. The number of hydrogen-bond acceptors (Lipinski definition) is 8. The van der Waals surface area contributed by atoms with Crippen LogP contribution in [-0.2, 0) is 27.3 Å². The molecular weight excluding hydrogens is 466 g/mol. The first kappa shape index (κ1) is 22.4. The fourth-order valence-electron chi connectivity index (χ4n) is 5.72. The molecule has 3 N–H and O–H groups in total. The van der Waals surface area contributed by atoms with Crippen LogP contribution in [0.5, 0.6) is 11.5 Å². The van der Waals surface area contributed by atoms with E-state index in [-0.39, 0.29) is 19.1 Å². The molecule has 0 radical (unpaired) electrons. The average Bonchev–Trinajstić information content (AvgIpc) is 3.30. The Balaban J connectivity index is 1.35. The number of carbonyl (C=O) groups is 4. The molecule has 11 heteroatoms.